The Bertz CT molecular complexity index is 1760. The number of hydrogen-bond acceptors (Lipinski definition) is 11. The highest BCUT2D eigenvalue weighted by molar-refractivity contribution is 7.96. The van der Waals surface area contributed by atoms with Gasteiger partial charge >= 0.3 is 18.0 Å². The molecule has 15 nitrogen and oxygen atoms in total. The number of nitrogens with one attached hydrogen (secondary N) is 4. The number of carbonyl (C=O) groups excluding carboxylic acids is 6. The highest BCUT2D eigenvalue weighted by Gasteiger charge is 2.39. The Labute approximate surface area is 313 Å². The number of ether oxygens (including phenoxy) is 3. The molecule has 17 heteroatoms. The van der Waals surface area contributed by atoms with Gasteiger partial charge < -0.3 is 35.5 Å². The fraction of sp³-hybridized carbons (Fsp3) is 0.444. The van der Waals surface area contributed by atoms with Crippen LogP contribution in [0.5, 0.6) is 0 Å². The zero-order chi connectivity index (χ0) is 39.3. The van der Waals surface area contributed by atoms with Crippen molar-refractivity contribution >= 4 is 57.2 Å². The third-order valence-corrected chi connectivity index (χ3v) is 10.2. The SMILES string of the molecule is COC(=O)C[C@@H](/C=C(\Cl)S(C)(=O)=O)NC(=O)[C@H](NC(=O)[C@@H](NC(=O)[C@H](CC(=O)OC)NC(=O)OCc1ccccc1)C1Cc2ccccc2C1)C(C)C. The van der Waals surface area contributed by atoms with Crippen LogP contribution in [-0.2, 0) is 67.5 Å². The highest BCUT2D eigenvalue weighted by Crippen LogP contribution is 2.29. The van der Waals surface area contributed by atoms with Crippen LogP contribution < -0.4 is 21.3 Å². The standard InChI is InChI=1S/C36H45ClN4O11S/c1-21(2)31(34(45)38-26(18-29(42)50-3)17-28(37)53(5,48)49)40-35(46)32(25-15-23-13-9-10-14-24(23)16-25)41-33(44)27(19-30(43)51-4)39-36(47)52-20-22-11-7-6-8-12-22/h6-14,17,21,25-27,31-32H,15-16,18-20H2,1-5H3,(H,38,45)(H,39,47)(H,40,46)(H,41,44)/b28-17+/t26-,27+,31-,32+/m1/s1. The molecule has 4 N–H and O–H groups in total. The largest absolute Gasteiger partial charge is 0.469 e. The van der Waals surface area contributed by atoms with E-state index in [2.05, 4.69) is 26.0 Å². The summed E-state index contributed by atoms with van der Waals surface area (Å²) in [5.74, 6) is -5.03. The average Bonchev–Trinajstić information content (AvgIpc) is 3.55. The number of esters is 2. The zero-order valence-corrected chi connectivity index (χ0v) is 31.6. The predicted molar refractivity (Wildman–Crippen MR) is 194 cm³/mol. The Morgan fingerprint density at radius 2 is 1.36 bits per heavy atom. The van der Waals surface area contributed by atoms with Crippen LogP contribution in [0.1, 0.15) is 43.4 Å². The number of rotatable bonds is 17. The van der Waals surface area contributed by atoms with Crippen molar-refractivity contribution in [3.8, 4) is 0 Å². The quantitative estimate of drug-likeness (QED) is 0.135. The van der Waals surface area contributed by atoms with E-state index in [4.69, 9.17) is 21.1 Å². The minimum Gasteiger partial charge on any atom is -0.469 e. The second kappa shape index (κ2) is 19.8. The van der Waals surface area contributed by atoms with Gasteiger partial charge in [-0.05, 0) is 47.4 Å². The maximum atomic E-state index is 14.1. The minimum absolute atomic E-state index is 0.111. The average molecular weight is 777 g/mol. The van der Waals surface area contributed by atoms with Crippen molar-refractivity contribution in [3.05, 3.63) is 81.7 Å². The molecule has 4 amide bonds. The van der Waals surface area contributed by atoms with Crippen molar-refractivity contribution in [2.24, 2.45) is 11.8 Å². The van der Waals surface area contributed by atoms with Gasteiger partial charge in [0, 0.05) is 6.26 Å². The van der Waals surface area contributed by atoms with Crippen molar-refractivity contribution in [1.82, 2.24) is 21.3 Å². The van der Waals surface area contributed by atoms with Gasteiger partial charge in [0.1, 0.15) is 29.1 Å². The summed E-state index contributed by atoms with van der Waals surface area (Å²) in [7, 11) is -1.64. The molecule has 0 fully saturated rings. The lowest BCUT2D eigenvalue weighted by Gasteiger charge is -2.30. The molecule has 288 valence electrons. The number of carbonyl (C=O) groups is 6. The van der Waals surface area contributed by atoms with E-state index >= 15 is 0 Å². The lowest BCUT2D eigenvalue weighted by molar-refractivity contribution is -0.143. The smallest absolute Gasteiger partial charge is 0.408 e. The van der Waals surface area contributed by atoms with E-state index in [1.807, 2.05) is 24.3 Å². The third-order valence-electron chi connectivity index (χ3n) is 8.43. The molecule has 0 radical (unpaired) electrons. The molecule has 2 aromatic carbocycles. The number of alkyl carbamates (subject to hydrolysis) is 1. The maximum Gasteiger partial charge on any atom is 0.408 e. The van der Waals surface area contributed by atoms with E-state index in [-0.39, 0.29) is 6.61 Å². The van der Waals surface area contributed by atoms with Gasteiger partial charge in [-0.3, -0.25) is 24.0 Å². The highest BCUT2D eigenvalue weighted by atomic mass is 35.5. The van der Waals surface area contributed by atoms with Crippen molar-refractivity contribution < 1.29 is 51.4 Å². The molecule has 3 rings (SSSR count). The normalized spacial score (nSPS) is 15.2. The van der Waals surface area contributed by atoms with E-state index < -0.39 is 98.8 Å². The van der Waals surface area contributed by atoms with Crippen LogP contribution in [0.4, 0.5) is 4.79 Å². The summed E-state index contributed by atoms with van der Waals surface area (Å²) >= 11 is 5.93. The van der Waals surface area contributed by atoms with E-state index in [1.165, 1.54) is 0 Å². The number of hydrogen-bond donors (Lipinski definition) is 4. The molecule has 0 bridgehead atoms. The fourth-order valence-corrected chi connectivity index (χ4v) is 6.16. The predicted octanol–water partition coefficient (Wildman–Crippen LogP) is 2.06. The second-order valence-electron chi connectivity index (χ2n) is 12.8. The van der Waals surface area contributed by atoms with Gasteiger partial charge in [-0.2, -0.15) is 0 Å². The monoisotopic (exact) mass is 776 g/mol. The first kappa shape index (κ1) is 42.5. The van der Waals surface area contributed by atoms with E-state index in [0.717, 1.165) is 37.7 Å². The third kappa shape index (κ3) is 13.2. The first-order valence-electron chi connectivity index (χ1n) is 16.7. The van der Waals surface area contributed by atoms with Crippen LogP contribution in [0, 0.1) is 11.8 Å². The molecule has 1 aliphatic carbocycles. The van der Waals surface area contributed by atoms with Gasteiger partial charge in [0.2, 0.25) is 17.7 Å². The number of fused-ring (bicyclic) bond motifs is 1. The molecule has 0 saturated heterocycles. The van der Waals surface area contributed by atoms with Crippen LogP contribution in [0.2, 0.25) is 0 Å². The number of halogens is 1. The molecule has 0 saturated carbocycles. The summed E-state index contributed by atoms with van der Waals surface area (Å²) in [6.45, 7) is 3.19. The van der Waals surface area contributed by atoms with Gasteiger partial charge in [-0.25, -0.2) is 13.2 Å². The molecular weight excluding hydrogens is 732 g/mol. The molecular formula is C36H45ClN4O11S. The summed E-state index contributed by atoms with van der Waals surface area (Å²) < 4.78 is 38.0. The van der Waals surface area contributed by atoms with Crippen molar-refractivity contribution in [1.29, 1.82) is 0 Å². The topological polar surface area (TPSA) is 212 Å². The van der Waals surface area contributed by atoms with Crippen molar-refractivity contribution in [3.63, 3.8) is 0 Å². The van der Waals surface area contributed by atoms with Crippen LogP contribution in [0.3, 0.4) is 0 Å². The Balaban J connectivity index is 1.87. The number of amides is 4. The Kier molecular flexibility index (Phi) is 15.8. The Hall–Kier alpha value is -4.96. The van der Waals surface area contributed by atoms with Gasteiger partial charge in [0.15, 0.2) is 9.84 Å². The summed E-state index contributed by atoms with van der Waals surface area (Å²) in [4.78, 5) is 78.7. The number of benzene rings is 2. The minimum atomic E-state index is -3.88. The number of sulfone groups is 1. The molecule has 4 atom stereocenters. The van der Waals surface area contributed by atoms with Crippen LogP contribution in [-0.4, -0.2) is 88.8 Å². The molecule has 0 spiro atoms. The maximum absolute atomic E-state index is 14.1. The van der Waals surface area contributed by atoms with Gasteiger partial charge in [0.05, 0.1) is 33.1 Å². The molecule has 0 unspecified atom stereocenters. The first-order valence-corrected chi connectivity index (χ1v) is 18.9. The van der Waals surface area contributed by atoms with Gasteiger partial charge in [-0.15, -0.1) is 0 Å². The summed E-state index contributed by atoms with van der Waals surface area (Å²) in [6, 6.07) is 11.1. The second-order valence-corrected chi connectivity index (χ2v) is 15.4. The Morgan fingerprint density at radius 3 is 1.91 bits per heavy atom. The van der Waals surface area contributed by atoms with E-state index in [1.54, 1.807) is 44.2 Å². The number of methoxy groups -OCH3 is 2. The lowest BCUT2D eigenvalue weighted by Crippen LogP contribution is -2.60. The van der Waals surface area contributed by atoms with Crippen LogP contribution >= 0.6 is 11.6 Å². The molecule has 0 heterocycles. The summed E-state index contributed by atoms with van der Waals surface area (Å²) in [5.41, 5.74) is 2.59. The molecule has 1 aliphatic rings. The van der Waals surface area contributed by atoms with Crippen molar-refractivity contribution in [2.45, 2.75) is 70.3 Å². The van der Waals surface area contributed by atoms with E-state index in [0.29, 0.717) is 18.4 Å². The molecule has 53 heavy (non-hydrogen) atoms. The summed E-state index contributed by atoms with van der Waals surface area (Å²) in [6.07, 6.45) is 0.583. The summed E-state index contributed by atoms with van der Waals surface area (Å²) in [5, 5.41) is 10.3. The van der Waals surface area contributed by atoms with E-state index in [9.17, 15) is 37.2 Å². The lowest BCUT2D eigenvalue weighted by atomic mass is 9.93. The van der Waals surface area contributed by atoms with Gasteiger partial charge in [-0.1, -0.05) is 80.0 Å². The van der Waals surface area contributed by atoms with Crippen LogP contribution in [0.25, 0.3) is 0 Å². The molecule has 0 aliphatic heterocycles. The van der Waals surface area contributed by atoms with Gasteiger partial charge in [0.25, 0.3) is 0 Å². The molecule has 0 aromatic heterocycles. The van der Waals surface area contributed by atoms with Crippen LogP contribution in [0.15, 0.2) is 65.0 Å². The zero-order valence-electron chi connectivity index (χ0n) is 30.1. The molecule has 2 aromatic rings. The fourth-order valence-electron chi connectivity index (χ4n) is 5.59. The first-order chi connectivity index (χ1) is 25.0. The Morgan fingerprint density at radius 1 is 0.792 bits per heavy atom. The van der Waals surface area contributed by atoms with Crippen molar-refractivity contribution in [2.75, 3.05) is 20.5 Å².